The van der Waals surface area contributed by atoms with Crippen molar-refractivity contribution in [2.45, 2.75) is 30.8 Å². The highest BCUT2D eigenvalue weighted by atomic mass is 32.2. The predicted octanol–water partition coefficient (Wildman–Crippen LogP) is 1.92. The second-order valence-corrected chi connectivity index (χ2v) is 6.80. The SMILES string of the molecule is C[C@H](Cn1ccnc1)NC(=O)CCN1C(=O)CSc2ccccc21. The van der Waals surface area contributed by atoms with Crippen molar-refractivity contribution in [3.05, 3.63) is 43.0 Å². The molecule has 1 aromatic carbocycles. The molecule has 0 aliphatic carbocycles. The minimum absolute atomic E-state index is 0.00611. The normalized spacial score (nSPS) is 15.0. The third-order valence-corrected chi connectivity index (χ3v) is 4.87. The molecule has 0 radical (unpaired) electrons. The van der Waals surface area contributed by atoms with Crippen molar-refractivity contribution in [3.8, 4) is 0 Å². The molecule has 1 aliphatic rings. The Balaban J connectivity index is 1.53. The van der Waals surface area contributed by atoms with Gasteiger partial charge in [-0.25, -0.2) is 4.98 Å². The molecule has 0 fully saturated rings. The molecule has 1 aromatic heterocycles. The van der Waals surface area contributed by atoms with Crippen LogP contribution in [0.15, 0.2) is 47.9 Å². The molecule has 1 atom stereocenters. The highest BCUT2D eigenvalue weighted by Gasteiger charge is 2.24. The molecule has 6 nitrogen and oxygen atoms in total. The molecule has 126 valence electrons. The van der Waals surface area contributed by atoms with E-state index >= 15 is 0 Å². The number of amides is 2. The minimum atomic E-state index is -0.0499. The average Bonchev–Trinajstić information content (AvgIpc) is 3.06. The van der Waals surface area contributed by atoms with Gasteiger partial charge < -0.3 is 14.8 Å². The highest BCUT2D eigenvalue weighted by molar-refractivity contribution is 8.00. The van der Waals surface area contributed by atoms with Crippen LogP contribution in [0.2, 0.25) is 0 Å². The summed E-state index contributed by atoms with van der Waals surface area (Å²) in [5, 5.41) is 2.97. The van der Waals surface area contributed by atoms with Gasteiger partial charge in [0.05, 0.1) is 17.8 Å². The summed E-state index contributed by atoms with van der Waals surface area (Å²) in [6, 6.07) is 7.82. The molecule has 2 heterocycles. The van der Waals surface area contributed by atoms with Gasteiger partial charge in [0.15, 0.2) is 0 Å². The number of hydrogen-bond donors (Lipinski definition) is 1. The zero-order valence-electron chi connectivity index (χ0n) is 13.5. The second kappa shape index (κ2) is 7.53. The summed E-state index contributed by atoms with van der Waals surface area (Å²) in [7, 11) is 0. The maximum Gasteiger partial charge on any atom is 0.237 e. The van der Waals surface area contributed by atoms with E-state index < -0.39 is 0 Å². The third kappa shape index (κ3) is 3.97. The Morgan fingerprint density at radius 1 is 1.42 bits per heavy atom. The van der Waals surface area contributed by atoms with Crippen LogP contribution >= 0.6 is 11.8 Å². The molecule has 3 rings (SSSR count). The topological polar surface area (TPSA) is 67.2 Å². The van der Waals surface area contributed by atoms with E-state index in [1.54, 1.807) is 29.2 Å². The largest absolute Gasteiger partial charge is 0.352 e. The van der Waals surface area contributed by atoms with Gasteiger partial charge in [-0.1, -0.05) is 12.1 Å². The second-order valence-electron chi connectivity index (χ2n) is 5.78. The number of nitrogens with one attached hydrogen (secondary N) is 1. The Morgan fingerprint density at radius 3 is 3.04 bits per heavy atom. The van der Waals surface area contributed by atoms with Gasteiger partial charge in [0.2, 0.25) is 11.8 Å². The number of carbonyl (C=O) groups is 2. The van der Waals surface area contributed by atoms with Crippen LogP contribution in [0.5, 0.6) is 0 Å². The zero-order valence-corrected chi connectivity index (χ0v) is 14.3. The van der Waals surface area contributed by atoms with E-state index in [-0.39, 0.29) is 17.9 Å². The van der Waals surface area contributed by atoms with Crippen LogP contribution in [0, 0.1) is 0 Å². The molecule has 24 heavy (non-hydrogen) atoms. The monoisotopic (exact) mass is 344 g/mol. The molecular weight excluding hydrogens is 324 g/mol. The Labute approximate surface area is 145 Å². The van der Waals surface area contributed by atoms with Crippen molar-refractivity contribution in [2.24, 2.45) is 0 Å². The van der Waals surface area contributed by atoms with E-state index in [9.17, 15) is 9.59 Å². The number of carbonyl (C=O) groups excluding carboxylic acids is 2. The van der Waals surface area contributed by atoms with E-state index in [4.69, 9.17) is 0 Å². The summed E-state index contributed by atoms with van der Waals surface area (Å²) in [5.74, 6) is 0.430. The lowest BCUT2D eigenvalue weighted by Crippen LogP contribution is -2.40. The number of benzene rings is 1. The first-order valence-corrected chi connectivity index (χ1v) is 8.89. The van der Waals surface area contributed by atoms with E-state index in [1.807, 2.05) is 42.0 Å². The lowest BCUT2D eigenvalue weighted by atomic mass is 10.2. The lowest BCUT2D eigenvalue weighted by molar-refractivity contribution is -0.121. The number of imidazole rings is 1. The summed E-state index contributed by atoms with van der Waals surface area (Å²) in [4.78, 5) is 31.1. The van der Waals surface area contributed by atoms with Gasteiger partial charge in [-0.05, 0) is 19.1 Å². The van der Waals surface area contributed by atoms with Gasteiger partial charge in [-0.3, -0.25) is 9.59 Å². The number of nitrogens with zero attached hydrogens (tertiary/aromatic N) is 3. The number of thioether (sulfide) groups is 1. The van der Waals surface area contributed by atoms with Crippen molar-refractivity contribution >= 4 is 29.3 Å². The van der Waals surface area contributed by atoms with E-state index in [0.717, 1.165) is 10.6 Å². The molecule has 0 unspecified atom stereocenters. The standard InChI is InChI=1S/C17H20N4O2S/c1-13(10-20-9-7-18-12-20)19-16(22)6-8-21-14-4-2-3-5-15(14)24-11-17(21)23/h2-5,7,9,12-13H,6,8,10-11H2,1H3,(H,19,22)/t13-/m1/s1. The van der Waals surface area contributed by atoms with Crippen LogP contribution in [0.4, 0.5) is 5.69 Å². The first-order chi connectivity index (χ1) is 11.6. The lowest BCUT2D eigenvalue weighted by Gasteiger charge is -2.28. The van der Waals surface area contributed by atoms with E-state index in [0.29, 0.717) is 25.3 Å². The van der Waals surface area contributed by atoms with Crippen molar-refractivity contribution in [3.63, 3.8) is 0 Å². The molecule has 7 heteroatoms. The van der Waals surface area contributed by atoms with Crippen LogP contribution in [-0.2, 0) is 16.1 Å². The fraction of sp³-hybridized carbons (Fsp3) is 0.353. The van der Waals surface area contributed by atoms with Gasteiger partial charge in [0.25, 0.3) is 0 Å². The Bertz CT molecular complexity index is 717. The van der Waals surface area contributed by atoms with E-state index in [1.165, 1.54) is 0 Å². The Morgan fingerprint density at radius 2 is 2.25 bits per heavy atom. The highest BCUT2D eigenvalue weighted by Crippen LogP contribution is 2.34. The molecule has 1 N–H and O–H groups in total. The number of anilines is 1. The summed E-state index contributed by atoms with van der Waals surface area (Å²) in [6.45, 7) is 3.03. The number of fused-ring (bicyclic) bond motifs is 1. The Hall–Kier alpha value is -2.28. The summed E-state index contributed by atoms with van der Waals surface area (Å²) >= 11 is 1.55. The first kappa shape index (κ1) is 16.6. The average molecular weight is 344 g/mol. The number of hydrogen-bond acceptors (Lipinski definition) is 4. The molecule has 1 aliphatic heterocycles. The maximum atomic E-state index is 12.2. The third-order valence-electron chi connectivity index (χ3n) is 3.82. The van der Waals surface area contributed by atoms with Crippen molar-refractivity contribution in [1.29, 1.82) is 0 Å². The van der Waals surface area contributed by atoms with Gasteiger partial charge in [-0.15, -0.1) is 11.8 Å². The first-order valence-electron chi connectivity index (χ1n) is 7.91. The number of para-hydroxylation sites is 1. The van der Waals surface area contributed by atoms with Gasteiger partial charge in [0, 0.05) is 42.8 Å². The fourth-order valence-electron chi connectivity index (χ4n) is 2.72. The van der Waals surface area contributed by atoms with Crippen molar-refractivity contribution < 1.29 is 9.59 Å². The molecule has 0 saturated heterocycles. The number of rotatable bonds is 6. The fourth-order valence-corrected chi connectivity index (χ4v) is 3.65. The smallest absolute Gasteiger partial charge is 0.237 e. The van der Waals surface area contributed by atoms with Crippen LogP contribution < -0.4 is 10.2 Å². The van der Waals surface area contributed by atoms with Gasteiger partial charge >= 0.3 is 0 Å². The minimum Gasteiger partial charge on any atom is -0.352 e. The molecule has 0 saturated carbocycles. The zero-order chi connectivity index (χ0) is 16.9. The molecule has 2 amide bonds. The maximum absolute atomic E-state index is 12.2. The van der Waals surface area contributed by atoms with Crippen LogP contribution in [0.1, 0.15) is 13.3 Å². The molecule has 0 bridgehead atoms. The molecular formula is C17H20N4O2S. The van der Waals surface area contributed by atoms with Crippen LogP contribution in [-0.4, -0.2) is 39.7 Å². The van der Waals surface area contributed by atoms with Gasteiger partial charge in [-0.2, -0.15) is 0 Å². The summed E-state index contributed by atoms with van der Waals surface area (Å²) in [6.07, 6.45) is 5.60. The Kier molecular flexibility index (Phi) is 5.20. The van der Waals surface area contributed by atoms with Crippen LogP contribution in [0.25, 0.3) is 0 Å². The summed E-state index contributed by atoms with van der Waals surface area (Å²) < 4.78 is 1.92. The van der Waals surface area contributed by atoms with E-state index in [2.05, 4.69) is 10.3 Å². The van der Waals surface area contributed by atoms with Crippen LogP contribution in [0.3, 0.4) is 0 Å². The predicted molar refractivity (Wildman–Crippen MR) is 94.0 cm³/mol. The van der Waals surface area contributed by atoms with Crippen molar-refractivity contribution in [2.75, 3.05) is 17.2 Å². The molecule has 2 aromatic rings. The van der Waals surface area contributed by atoms with Crippen molar-refractivity contribution in [1.82, 2.24) is 14.9 Å². The summed E-state index contributed by atoms with van der Waals surface area (Å²) in [5.41, 5.74) is 0.901. The number of aromatic nitrogens is 2. The quantitative estimate of drug-likeness (QED) is 0.869. The molecule has 0 spiro atoms. The van der Waals surface area contributed by atoms with Gasteiger partial charge in [0.1, 0.15) is 0 Å².